The third kappa shape index (κ3) is 2.57. The largest absolute Gasteiger partial charge is 0.314 e. The van der Waals surface area contributed by atoms with Gasteiger partial charge in [0.15, 0.2) is 0 Å². The van der Waals surface area contributed by atoms with E-state index in [0.717, 1.165) is 30.7 Å². The van der Waals surface area contributed by atoms with E-state index in [2.05, 4.69) is 46.6 Å². The predicted molar refractivity (Wildman–Crippen MR) is 56.6 cm³/mol. The van der Waals surface area contributed by atoms with E-state index in [1.807, 2.05) is 0 Å². The summed E-state index contributed by atoms with van der Waals surface area (Å²) >= 11 is 3.41. The highest BCUT2D eigenvalue weighted by atomic mass is 79.9. The Morgan fingerprint density at radius 2 is 2.33 bits per heavy atom. The Kier molecular flexibility index (Phi) is 3.32. The molecule has 0 bridgehead atoms. The van der Waals surface area contributed by atoms with Crippen LogP contribution < -0.4 is 5.32 Å². The predicted octanol–water partition coefficient (Wildman–Crippen LogP) is 1.58. The Labute approximate surface area is 83.1 Å². The van der Waals surface area contributed by atoms with Gasteiger partial charge in [-0.05, 0) is 13.8 Å². The van der Waals surface area contributed by atoms with Gasteiger partial charge in [0.1, 0.15) is 0 Å². The Morgan fingerprint density at radius 3 is 2.83 bits per heavy atom. The van der Waals surface area contributed by atoms with Crippen LogP contribution in [0.3, 0.4) is 0 Å². The molecule has 2 nitrogen and oxygen atoms in total. The number of hydrogen-bond donors (Lipinski definition) is 1. The van der Waals surface area contributed by atoms with Gasteiger partial charge in [0.25, 0.3) is 0 Å². The van der Waals surface area contributed by atoms with Crippen LogP contribution in [-0.4, -0.2) is 36.6 Å². The zero-order valence-corrected chi connectivity index (χ0v) is 9.45. The van der Waals surface area contributed by atoms with Crippen LogP contribution in [0.2, 0.25) is 0 Å². The molecule has 0 unspecified atom stereocenters. The lowest BCUT2D eigenvalue weighted by Crippen LogP contribution is -2.57. The Morgan fingerprint density at radius 1 is 1.67 bits per heavy atom. The van der Waals surface area contributed by atoms with E-state index in [4.69, 9.17) is 0 Å². The van der Waals surface area contributed by atoms with Crippen molar-refractivity contribution >= 4 is 15.9 Å². The Balaban J connectivity index is 2.54. The van der Waals surface area contributed by atoms with Crippen molar-refractivity contribution in [3.05, 3.63) is 11.1 Å². The maximum Gasteiger partial charge on any atom is 0.0300 e. The smallest absolute Gasteiger partial charge is 0.0300 e. The minimum Gasteiger partial charge on any atom is -0.314 e. The fraction of sp³-hybridized carbons (Fsp3) is 0.778. The minimum atomic E-state index is 0.259. The lowest BCUT2D eigenvalue weighted by Gasteiger charge is -2.42. The maximum absolute atomic E-state index is 3.87. The van der Waals surface area contributed by atoms with Gasteiger partial charge in [-0.25, -0.2) is 0 Å². The molecule has 0 spiro atoms. The van der Waals surface area contributed by atoms with Crippen molar-refractivity contribution in [2.24, 2.45) is 0 Å². The summed E-state index contributed by atoms with van der Waals surface area (Å²) in [6.45, 7) is 12.6. The molecular weight excluding hydrogens is 216 g/mol. The topological polar surface area (TPSA) is 15.3 Å². The average molecular weight is 233 g/mol. The van der Waals surface area contributed by atoms with Crippen LogP contribution in [0, 0.1) is 0 Å². The summed E-state index contributed by atoms with van der Waals surface area (Å²) in [5, 5.41) is 3.39. The minimum absolute atomic E-state index is 0.259. The third-order valence-corrected chi connectivity index (χ3v) is 2.59. The molecule has 1 fully saturated rings. The van der Waals surface area contributed by atoms with Gasteiger partial charge in [-0.1, -0.05) is 22.5 Å². The highest BCUT2D eigenvalue weighted by molar-refractivity contribution is 9.11. The summed E-state index contributed by atoms with van der Waals surface area (Å²) in [7, 11) is 0. The molecule has 3 heteroatoms. The van der Waals surface area contributed by atoms with Crippen molar-refractivity contribution in [1.29, 1.82) is 0 Å². The summed E-state index contributed by atoms with van der Waals surface area (Å²) in [5.41, 5.74) is 0.259. The van der Waals surface area contributed by atoms with Crippen LogP contribution in [0.25, 0.3) is 0 Å². The number of piperazine rings is 1. The Bertz CT molecular complexity index is 177. The van der Waals surface area contributed by atoms with Crippen molar-refractivity contribution in [2.45, 2.75) is 19.4 Å². The lowest BCUT2D eigenvalue weighted by molar-refractivity contribution is 0.104. The van der Waals surface area contributed by atoms with E-state index in [9.17, 15) is 0 Å². The first-order chi connectivity index (χ1) is 5.52. The van der Waals surface area contributed by atoms with Gasteiger partial charge in [0.05, 0.1) is 0 Å². The molecule has 0 aromatic heterocycles. The fourth-order valence-electron chi connectivity index (χ4n) is 1.52. The molecular formula is C9H17BrN2. The van der Waals surface area contributed by atoms with Crippen LogP contribution in [-0.2, 0) is 0 Å². The molecule has 1 aliphatic rings. The second-order valence-corrected chi connectivity index (χ2v) is 5.05. The van der Waals surface area contributed by atoms with Crippen LogP contribution in [0.15, 0.2) is 11.1 Å². The molecule has 0 aliphatic carbocycles. The summed E-state index contributed by atoms with van der Waals surface area (Å²) in [6, 6.07) is 0. The van der Waals surface area contributed by atoms with E-state index < -0.39 is 0 Å². The molecule has 1 rings (SSSR count). The lowest BCUT2D eigenvalue weighted by atomic mass is 10.0. The first-order valence-corrected chi connectivity index (χ1v) is 5.11. The summed E-state index contributed by atoms with van der Waals surface area (Å²) in [5.74, 6) is 0. The second-order valence-electron chi connectivity index (χ2n) is 3.93. The average Bonchev–Trinajstić information content (AvgIpc) is 1.92. The number of hydrogen-bond acceptors (Lipinski definition) is 2. The van der Waals surface area contributed by atoms with Crippen LogP contribution in [0.5, 0.6) is 0 Å². The van der Waals surface area contributed by atoms with Gasteiger partial charge in [0.2, 0.25) is 0 Å². The quantitative estimate of drug-likeness (QED) is 0.779. The van der Waals surface area contributed by atoms with Crippen molar-refractivity contribution in [2.75, 3.05) is 26.2 Å². The first kappa shape index (κ1) is 10.2. The molecule has 1 aliphatic heterocycles. The normalized spacial score (nSPS) is 23.9. The molecule has 1 saturated heterocycles. The third-order valence-electron chi connectivity index (χ3n) is 2.33. The van der Waals surface area contributed by atoms with Gasteiger partial charge < -0.3 is 5.32 Å². The van der Waals surface area contributed by atoms with Crippen LogP contribution in [0.1, 0.15) is 13.8 Å². The van der Waals surface area contributed by atoms with E-state index in [1.165, 1.54) is 0 Å². The zero-order chi connectivity index (χ0) is 9.19. The second kappa shape index (κ2) is 3.90. The molecule has 0 aromatic rings. The molecule has 0 aromatic carbocycles. The van der Waals surface area contributed by atoms with Gasteiger partial charge in [-0.2, -0.15) is 0 Å². The van der Waals surface area contributed by atoms with E-state index in [1.54, 1.807) is 0 Å². The van der Waals surface area contributed by atoms with Crippen molar-refractivity contribution in [3.63, 3.8) is 0 Å². The molecule has 70 valence electrons. The molecule has 0 radical (unpaired) electrons. The number of halogens is 1. The summed E-state index contributed by atoms with van der Waals surface area (Å²) < 4.78 is 1.07. The van der Waals surface area contributed by atoms with Gasteiger partial charge in [0, 0.05) is 36.2 Å². The molecule has 12 heavy (non-hydrogen) atoms. The van der Waals surface area contributed by atoms with E-state index in [-0.39, 0.29) is 5.54 Å². The molecule has 0 atom stereocenters. The SMILES string of the molecule is C=C(Br)CN1CCNCC1(C)C. The van der Waals surface area contributed by atoms with Crippen molar-refractivity contribution in [1.82, 2.24) is 10.2 Å². The van der Waals surface area contributed by atoms with Gasteiger partial charge in [-0.15, -0.1) is 0 Å². The monoisotopic (exact) mass is 232 g/mol. The fourth-order valence-corrected chi connectivity index (χ4v) is 1.83. The number of nitrogens with zero attached hydrogens (tertiary/aromatic N) is 1. The highest BCUT2D eigenvalue weighted by Crippen LogP contribution is 2.18. The van der Waals surface area contributed by atoms with Crippen LogP contribution in [0.4, 0.5) is 0 Å². The molecule has 1 N–H and O–H groups in total. The standard InChI is InChI=1S/C9H17BrN2/c1-8(10)6-12-5-4-11-7-9(12,2)3/h11H,1,4-7H2,2-3H3. The van der Waals surface area contributed by atoms with Gasteiger partial charge >= 0.3 is 0 Å². The van der Waals surface area contributed by atoms with E-state index >= 15 is 0 Å². The summed E-state index contributed by atoms with van der Waals surface area (Å²) in [4.78, 5) is 2.45. The Hall–Kier alpha value is 0.140. The molecule has 0 amide bonds. The number of nitrogens with one attached hydrogen (secondary N) is 1. The maximum atomic E-state index is 3.87. The van der Waals surface area contributed by atoms with Crippen molar-refractivity contribution < 1.29 is 0 Å². The van der Waals surface area contributed by atoms with Gasteiger partial charge in [-0.3, -0.25) is 4.90 Å². The van der Waals surface area contributed by atoms with Crippen molar-refractivity contribution in [3.8, 4) is 0 Å². The zero-order valence-electron chi connectivity index (χ0n) is 7.86. The number of rotatable bonds is 2. The van der Waals surface area contributed by atoms with E-state index in [0.29, 0.717) is 0 Å². The highest BCUT2D eigenvalue weighted by Gasteiger charge is 2.28. The molecule has 0 saturated carbocycles. The first-order valence-electron chi connectivity index (χ1n) is 4.31. The van der Waals surface area contributed by atoms with Crippen LogP contribution >= 0.6 is 15.9 Å². The summed E-state index contributed by atoms with van der Waals surface area (Å²) in [6.07, 6.45) is 0. The molecule has 1 heterocycles.